The van der Waals surface area contributed by atoms with Crippen LogP contribution in [0.5, 0.6) is 0 Å². The van der Waals surface area contributed by atoms with Crippen LogP contribution < -0.4 is 15.8 Å². The zero-order valence-electron chi connectivity index (χ0n) is 13.0. The van der Waals surface area contributed by atoms with Crippen LogP contribution in [-0.4, -0.2) is 29.6 Å². The highest BCUT2D eigenvalue weighted by atomic mass is 16.1. The summed E-state index contributed by atoms with van der Waals surface area (Å²) in [6.45, 7) is 2.62. The van der Waals surface area contributed by atoms with Crippen molar-refractivity contribution in [2.75, 3.05) is 24.3 Å². The molecule has 0 saturated heterocycles. The smallest absolute Gasteiger partial charge is 0.257 e. The molecule has 0 aliphatic heterocycles. The lowest BCUT2D eigenvalue weighted by atomic mass is 10.2. The van der Waals surface area contributed by atoms with Crippen molar-refractivity contribution in [1.82, 2.24) is 9.55 Å². The van der Waals surface area contributed by atoms with Gasteiger partial charge in [-0.25, -0.2) is 4.98 Å². The number of nitrogens with zero attached hydrogens (tertiary/aromatic N) is 3. The van der Waals surface area contributed by atoms with Gasteiger partial charge in [0.1, 0.15) is 5.82 Å². The molecule has 0 radical (unpaired) electrons. The minimum Gasteiger partial charge on any atom is -0.363 e. The number of carbonyl (C=O) groups excluding carboxylic acids is 1. The number of anilines is 2. The van der Waals surface area contributed by atoms with Crippen molar-refractivity contribution in [2.45, 2.75) is 19.9 Å². The third-order valence-corrected chi connectivity index (χ3v) is 3.17. The second kappa shape index (κ2) is 6.89. The van der Waals surface area contributed by atoms with Crippen molar-refractivity contribution in [3.05, 3.63) is 52.6 Å². The first-order chi connectivity index (χ1) is 10.5. The Balaban J connectivity index is 2.14. The maximum atomic E-state index is 12.2. The molecule has 1 N–H and O–H groups in total. The Kier molecular flexibility index (Phi) is 4.93. The third-order valence-electron chi connectivity index (χ3n) is 3.17. The SMILES string of the molecule is CCCn1cc(NC(=O)c2ccc(N(C)C)nc2)ccc1=O. The van der Waals surface area contributed by atoms with Crippen molar-refractivity contribution in [3.63, 3.8) is 0 Å². The largest absolute Gasteiger partial charge is 0.363 e. The van der Waals surface area contributed by atoms with Crippen molar-refractivity contribution in [1.29, 1.82) is 0 Å². The Morgan fingerprint density at radius 1 is 1.27 bits per heavy atom. The van der Waals surface area contributed by atoms with Gasteiger partial charge >= 0.3 is 0 Å². The van der Waals surface area contributed by atoms with Gasteiger partial charge in [-0.15, -0.1) is 0 Å². The third kappa shape index (κ3) is 3.72. The Labute approximate surface area is 129 Å². The van der Waals surface area contributed by atoms with Gasteiger partial charge in [0.15, 0.2) is 0 Å². The van der Waals surface area contributed by atoms with Gasteiger partial charge in [-0.2, -0.15) is 0 Å². The molecule has 0 fully saturated rings. The maximum absolute atomic E-state index is 12.2. The average Bonchev–Trinajstić information content (AvgIpc) is 2.51. The standard InChI is InChI=1S/C16H20N4O2/c1-4-9-20-11-13(6-8-15(20)21)18-16(22)12-5-7-14(17-10-12)19(2)3/h5-8,10-11H,4,9H2,1-3H3,(H,18,22). The van der Waals surface area contributed by atoms with Gasteiger partial charge in [-0.3, -0.25) is 9.59 Å². The summed E-state index contributed by atoms with van der Waals surface area (Å²) in [7, 11) is 3.78. The normalized spacial score (nSPS) is 10.3. The predicted molar refractivity (Wildman–Crippen MR) is 87.5 cm³/mol. The van der Waals surface area contributed by atoms with Gasteiger partial charge in [0.2, 0.25) is 0 Å². The van der Waals surface area contributed by atoms with E-state index < -0.39 is 0 Å². The minimum atomic E-state index is -0.250. The van der Waals surface area contributed by atoms with Crippen LogP contribution >= 0.6 is 0 Å². The van der Waals surface area contributed by atoms with Crippen LogP contribution in [0, 0.1) is 0 Å². The van der Waals surface area contributed by atoms with E-state index in [1.807, 2.05) is 25.9 Å². The Morgan fingerprint density at radius 3 is 2.64 bits per heavy atom. The monoisotopic (exact) mass is 300 g/mol. The van der Waals surface area contributed by atoms with Gasteiger partial charge in [0, 0.05) is 39.1 Å². The second-order valence-corrected chi connectivity index (χ2v) is 5.20. The topological polar surface area (TPSA) is 67.2 Å². The van der Waals surface area contributed by atoms with Gasteiger partial charge in [-0.05, 0) is 24.6 Å². The van der Waals surface area contributed by atoms with Crippen LogP contribution in [0.4, 0.5) is 11.5 Å². The van der Waals surface area contributed by atoms with E-state index in [0.717, 1.165) is 12.2 Å². The van der Waals surface area contributed by atoms with E-state index in [1.165, 1.54) is 12.3 Å². The molecule has 116 valence electrons. The number of hydrogen-bond acceptors (Lipinski definition) is 4. The quantitative estimate of drug-likeness (QED) is 0.916. The van der Waals surface area contributed by atoms with Gasteiger partial charge < -0.3 is 14.8 Å². The van der Waals surface area contributed by atoms with E-state index in [4.69, 9.17) is 0 Å². The molecule has 6 heteroatoms. The van der Waals surface area contributed by atoms with Crippen molar-refractivity contribution < 1.29 is 4.79 Å². The van der Waals surface area contributed by atoms with Crippen molar-refractivity contribution in [2.24, 2.45) is 0 Å². The van der Waals surface area contributed by atoms with E-state index in [2.05, 4.69) is 10.3 Å². The summed E-state index contributed by atoms with van der Waals surface area (Å²) in [6, 6.07) is 6.57. The lowest BCUT2D eigenvalue weighted by Gasteiger charge is -2.12. The summed E-state index contributed by atoms with van der Waals surface area (Å²) in [6.07, 6.45) is 4.05. The van der Waals surface area contributed by atoms with E-state index in [1.54, 1.807) is 29.0 Å². The number of carbonyl (C=O) groups is 1. The molecule has 2 heterocycles. The first-order valence-electron chi connectivity index (χ1n) is 7.16. The Hall–Kier alpha value is -2.63. The summed E-state index contributed by atoms with van der Waals surface area (Å²) in [5.74, 6) is 0.535. The summed E-state index contributed by atoms with van der Waals surface area (Å²) in [5, 5.41) is 2.78. The number of nitrogens with one attached hydrogen (secondary N) is 1. The van der Waals surface area contributed by atoms with Crippen molar-refractivity contribution >= 4 is 17.4 Å². The fourth-order valence-corrected chi connectivity index (χ4v) is 2.01. The molecule has 0 aliphatic rings. The zero-order chi connectivity index (χ0) is 16.1. The molecule has 1 amide bonds. The number of amides is 1. The second-order valence-electron chi connectivity index (χ2n) is 5.20. The summed E-state index contributed by atoms with van der Waals surface area (Å²) < 4.78 is 1.59. The van der Waals surface area contributed by atoms with Gasteiger partial charge in [0.05, 0.1) is 11.3 Å². The maximum Gasteiger partial charge on any atom is 0.257 e. The van der Waals surface area contributed by atoms with E-state index in [9.17, 15) is 9.59 Å². The number of aromatic nitrogens is 2. The van der Waals surface area contributed by atoms with Crippen LogP contribution in [-0.2, 0) is 6.54 Å². The molecule has 2 aromatic heterocycles. The molecule has 6 nitrogen and oxygen atoms in total. The molecule has 0 aromatic carbocycles. The highest BCUT2D eigenvalue weighted by molar-refractivity contribution is 6.04. The lowest BCUT2D eigenvalue weighted by molar-refractivity contribution is 0.102. The number of pyridine rings is 2. The Bertz CT molecular complexity index is 705. The van der Waals surface area contributed by atoms with Gasteiger partial charge in [-0.1, -0.05) is 6.92 Å². The van der Waals surface area contributed by atoms with Crippen LogP contribution in [0.2, 0.25) is 0 Å². The molecular formula is C16H20N4O2. The van der Waals surface area contributed by atoms with Crippen LogP contribution in [0.1, 0.15) is 23.7 Å². The minimum absolute atomic E-state index is 0.0724. The van der Waals surface area contributed by atoms with E-state index >= 15 is 0 Å². The summed E-state index contributed by atoms with van der Waals surface area (Å²) in [4.78, 5) is 29.9. The number of aryl methyl sites for hydroxylation is 1. The summed E-state index contributed by atoms with van der Waals surface area (Å²) >= 11 is 0. The predicted octanol–water partition coefficient (Wildman–Crippen LogP) is 1.97. The fourth-order valence-electron chi connectivity index (χ4n) is 2.01. The van der Waals surface area contributed by atoms with Crippen LogP contribution in [0.25, 0.3) is 0 Å². The molecule has 0 aliphatic carbocycles. The molecule has 0 spiro atoms. The zero-order valence-corrected chi connectivity index (χ0v) is 13.0. The highest BCUT2D eigenvalue weighted by Crippen LogP contribution is 2.10. The molecule has 0 bridgehead atoms. The lowest BCUT2D eigenvalue weighted by Crippen LogP contribution is -2.20. The van der Waals surface area contributed by atoms with E-state index in [-0.39, 0.29) is 11.5 Å². The first kappa shape index (κ1) is 15.8. The molecule has 22 heavy (non-hydrogen) atoms. The van der Waals surface area contributed by atoms with Gasteiger partial charge in [0.25, 0.3) is 11.5 Å². The molecule has 2 rings (SSSR count). The molecule has 2 aromatic rings. The number of rotatable bonds is 5. The fraction of sp³-hybridized carbons (Fsp3) is 0.312. The number of hydrogen-bond donors (Lipinski definition) is 1. The first-order valence-corrected chi connectivity index (χ1v) is 7.16. The molecule has 0 saturated carbocycles. The summed E-state index contributed by atoms with van der Waals surface area (Å²) in [5.41, 5.74) is 0.991. The van der Waals surface area contributed by atoms with Crippen LogP contribution in [0.3, 0.4) is 0 Å². The van der Waals surface area contributed by atoms with E-state index in [0.29, 0.717) is 17.8 Å². The van der Waals surface area contributed by atoms with Crippen LogP contribution in [0.15, 0.2) is 41.5 Å². The van der Waals surface area contributed by atoms with Crippen molar-refractivity contribution in [3.8, 4) is 0 Å². The molecule has 0 atom stereocenters. The molecular weight excluding hydrogens is 280 g/mol. The Morgan fingerprint density at radius 2 is 2.05 bits per heavy atom. The highest BCUT2D eigenvalue weighted by Gasteiger charge is 2.08. The average molecular weight is 300 g/mol. The molecule has 0 unspecified atom stereocenters.